The molecule has 0 spiro atoms. The number of nitrogens with zero attached hydrogens (tertiary/aromatic N) is 2. The van der Waals surface area contributed by atoms with Gasteiger partial charge in [0.1, 0.15) is 0 Å². The molecule has 2 aliphatic rings. The van der Waals surface area contributed by atoms with Crippen LogP contribution in [0.15, 0.2) is 18.3 Å². The van der Waals surface area contributed by atoms with E-state index >= 15 is 0 Å². The van der Waals surface area contributed by atoms with Crippen LogP contribution in [0.4, 0.5) is 0 Å². The number of hydrogen-bond acceptors (Lipinski definition) is 4. The average Bonchev–Trinajstić information content (AvgIpc) is 3.05. The molecule has 0 radical (unpaired) electrons. The Bertz CT molecular complexity index is 596. The molecular formula is C19H28N2O3. The van der Waals surface area contributed by atoms with Crippen molar-refractivity contribution in [1.82, 2.24) is 9.88 Å². The van der Waals surface area contributed by atoms with Gasteiger partial charge in [0.05, 0.1) is 18.2 Å². The van der Waals surface area contributed by atoms with Crippen LogP contribution in [0.2, 0.25) is 0 Å². The number of ether oxygens (including phenoxy) is 2. The molecule has 0 bridgehead atoms. The Morgan fingerprint density at radius 1 is 1.54 bits per heavy atom. The lowest BCUT2D eigenvalue weighted by Gasteiger charge is -2.56. The van der Waals surface area contributed by atoms with Crippen LogP contribution in [0.3, 0.4) is 0 Å². The molecule has 0 N–H and O–H groups in total. The van der Waals surface area contributed by atoms with Crippen molar-refractivity contribution in [3.05, 3.63) is 23.9 Å². The molecule has 24 heavy (non-hydrogen) atoms. The zero-order chi connectivity index (χ0) is 17.3. The summed E-state index contributed by atoms with van der Waals surface area (Å²) >= 11 is 0. The Labute approximate surface area is 144 Å². The van der Waals surface area contributed by atoms with Gasteiger partial charge in [-0.05, 0) is 32.3 Å². The highest BCUT2D eigenvalue weighted by Gasteiger charge is 2.52. The molecule has 2 aliphatic heterocycles. The molecule has 132 valence electrons. The van der Waals surface area contributed by atoms with E-state index in [2.05, 4.69) is 25.8 Å². The molecule has 0 saturated carbocycles. The van der Waals surface area contributed by atoms with E-state index in [1.54, 1.807) is 18.3 Å². The van der Waals surface area contributed by atoms with Crippen LogP contribution < -0.4 is 4.74 Å². The summed E-state index contributed by atoms with van der Waals surface area (Å²) in [6, 6.07) is 3.68. The van der Waals surface area contributed by atoms with Gasteiger partial charge in [0.15, 0.2) is 0 Å². The van der Waals surface area contributed by atoms with E-state index in [1.807, 2.05) is 11.8 Å². The van der Waals surface area contributed by atoms with Gasteiger partial charge in [-0.2, -0.15) is 0 Å². The van der Waals surface area contributed by atoms with Crippen LogP contribution in [-0.4, -0.2) is 47.2 Å². The molecule has 3 atom stereocenters. The SMILES string of the molecule is CCC(C)Oc1cc(C(=O)N2CC(C)(C)C2C2CCCO2)ccn1. The standard InChI is InChI=1S/C19H28N2O3/c1-5-13(2)24-16-11-14(8-9-20-16)18(22)21-12-19(3,4)17(21)15-7-6-10-23-15/h8-9,11,13,15,17H,5-7,10,12H2,1-4H3. The van der Waals surface area contributed by atoms with Crippen LogP contribution in [0.25, 0.3) is 0 Å². The first-order valence-corrected chi connectivity index (χ1v) is 8.97. The van der Waals surface area contributed by atoms with Crippen molar-refractivity contribution in [3.63, 3.8) is 0 Å². The first-order valence-electron chi connectivity index (χ1n) is 8.97. The smallest absolute Gasteiger partial charge is 0.254 e. The van der Waals surface area contributed by atoms with Crippen molar-refractivity contribution in [2.45, 2.75) is 65.2 Å². The molecule has 3 rings (SSSR count). The summed E-state index contributed by atoms with van der Waals surface area (Å²) in [5.41, 5.74) is 0.745. The van der Waals surface area contributed by atoms with Crippen molar-refractivity contribution >= 4 is 5.91 Å². The predicted octanol–water partition coefficient (Wildman–Crippen LogP) is 3.29. The Balaban J connectivity index is 1.75. The van der Waals surface area contributed by atoms with Gasteiger partial charge in [-0.15, -0.1) is 0 Å². The predicted molar refractivity (Wildman–Crippen MR) is 92.2 cm³/mol. The topological polar surface area (TPSA) is 51.7 Å². The van der Waals surface area contributed by atoms with Gasteiger partial charge in [-0.1, -0.05) is 20.8 Å². The maximum atomic E-state index is 13.0. The molecule has 1 amide bonds. The minimum absolute atomic E-state index is 0.0474. The summed E-state index contributed by atoms with van der Waals surface area (Å²) < 4.78 is 11.6. The van der Waals surface area contributed by atoms with Crippen LogP contribution in [0.5, 0.6) is 5.88 Å². The fourth-order valence-corrected chi connectivity index (χ4v) is 3.76. The van der Waals surface area contributed by atoms with Crippen molar-refractivity contribution < 1.29 is 14.3 Å². The van der Waals surface area contributed by atoms with Gasteiger partial charge in [0.2, 0.25) is 5.88 Å². The van der Waals surface area contributed by atoms with Gasteiger partial charge in [0.25, 0.3) is 5.91 Å². The summed E-state index contributed by atoms with van der Waals surface area (Å²) in [4.78, 5) is 19.2. The minimum Gasteiger partial charge on any atom is -0.475 e. The van der Waals surface area contributed by atoms with E-state index in [4.69, 9.17) is 9.47 Å². The normalized spacial score (nSPS) is 26.8. The lowest BCUT2D eigenvalue weighted by Crippen LogP contribution is -2.68. The molecule has 0 aliphatic carbocycles. The number of carbonyl (C=O) groups is 1. The number of rotatable bonds is 5. The summed E-state index contributed by atoms with van der Waals surface area (Å²) in [6.07, 6.45) is 4.93. The van der Waals surface area contributed by atoms with E-state index in [0.29, 0.717) is 11.4 Å². The van der Waals surface area contributed by atoms with Crippen molar-refractivity contribution in [2.75, 3.05) is 13.2 Å². The molecule has 3 unspecified atom stereocenters. The fraction of sp³-hybridized carbons (Fsp3) is 0.684. The molecule has 3 heterocycles. The van der Waals surface area contributed by atoms with Crippen LogP contribution in [0.1, 0.15) is 57.3 Å². The third-order valence-corrected chi connectivity index (χ3v) is 5.17. The molecule has 0 aromatic carbocycles. The number of hydrogen-bond donors (Lipinski definition) is 0. The first kappa shape index (κ1) is 17.2. The second-order valence-corrected chi connectivity index (χ2v) is 7.64. The maximum Gasteiger partial charge on any atom is 0.254 e. The lowest BCUT2D eigenvalue weighted by molar-refractivity contribution is -0.0961. The van der Waals surface area contributed by atoms with Crippen LogP contribution in [-0.2, 0) is 4.74 Å². The quantitative estimate of drug-likeness (QED) is 0.830. The molecule has 2 saturated heterocycles. The first-order chi connectivity index (χ1) is 11.4. The minimum atomic E-state index is 0.0474. The van der Waals surface area contributed by atoms with E-state index < -0.39 is 0 Å². The van der Waals surface area contributed by atoms with Gasteiger partial charge >= 0.3 is 0 Å². The van der Waals surface area contributed by atoms with Gasteiger partial charge in [-0.3, -0.25) is 4.79 Å². The number of amides is 1. The van der Waals surface area contributed by atoms with Crippen molar-refractivity contribution in [1.29, 1.82) is 0 Å². The highest BCUT2D eigenvalue weighted by Crippen LogP contribution is 2.43. The summed E-state index contributed by atoms with van der Waals surface area (Å²) in [6.45, 7) is 10.1. The lowest BCUT2D eigenvalue weighted by atomic mass is 9.71. The third kappa shape index (κ3) is 3.27. The monoisotopic (exact) mass is 332 g/mol. The second kappa shape index (κ2) is 6.71. The largest absolute Gasteiger partial charge is 0.475 e. The summed E-state index contributed by atoms with van der Waals surface area (Å²) in [7, 11) is 0. The Kier molecular flexibility index (Phi) is 4.81. The zero-order valence-corrected chi connectivity index (χ0v) is 15.1. The highest BCUT2D eigenvalue weighted by atomic mass is 16.5. The fourth-order valence-electron chi connectivity index (χ4n) is 3.76. The summed E-state index contributed by atoms with van der Waals surface area (Å²) in [5.74, 6) is 0.565. The van der Waals surface area contributed by atoms with E-state index in [1.165, 1.54) is 0 Å². The van der Waals surface area contributed by atoms with Crippen molar-refractivity contribution in [3.8, 4) is 5.88 Å². The molecule has 1 aromatic heterocycles. The molecule has 1 aromatic rings. The molecule has 5 nitrogen and oxygen atoms in total. The van der Waals surface area contributed by atoms with E-state index in [-0.39, 0.29) is 29.6 Å². The summed E-state index contributed by atoms with van der Waals surface area (Å²) in [5, 5.41) is 0. The third-order valence-electron chi connectivity index (χ3n) is 5.17. The van der Waals surface area contributed by atoms with E-state index in [9.17, 15) is 4.79 Å². The van der Waals surface area contributed by atoms with E-state index in [0.717, 1.165) is 32.4 Å². The highest BCUT2D eigenvalue weighted by molar-refractivity contribution is 5.95. The average molecular weight is 332 g/mol. The zero-order valence-electron chi connectivity index (χ0n) is 15.1. The number of carbonyl (C=O) groups excluding carboxylic acids is 1. The van der Waals surface area contributed by atoms with Crippen molar-refractivity contribution in [2.24, 2.45) is 5.41 Å². The number of aromatic nitrogens is 1. The van der Waals surface area contributed by atoms with Gasteiger partial charge < -0.3 is 14.4 Å². The molecular weight excluding hydrogens is 304 g/mol. The van der Waals surface area contributed by atoms with Gasteiger partial charge in [-0.25, -0.2) is 4.98 Å². The maximum absolute atomic E-state index is 13.0. The molecule has 2 fully saturated rings. The Morgan fingerprint density at radius 3 is 2.96 bits per heavy atom. The second-order valence-electron chi connectivity index (χ2n) is 7.64. The van der Waals surface area contributed by atoms with Crippen LogP contribution >= 0.6 is 0 Å². The van der Waals surface area contributed by atoms with Gasteiger partial charge in [0, 0.05) is 36.4 Å². The van der Waals surface area contributed by atoms with Crippen LogP contribution in [0, 0.1) is 5.41 Å². The molecule has 5 heteroatoms. The Morgan fingerprint density at radius 2 is 2.33 bits per heavy atom. The number of likely N-dealkylation sites (tertiary alicyclic amines) is 1. The Hall–Kier alpha value is -1.62. The number of pyridine rings is 1.